The van der Waals surface area contributed by atoms with E-state index in [1.54, 1.807) is 12.1 Å². The molecule has 1 nitrogen and oxygen atoms in total. The molecule has 2 aromatic rings. The van der Waals surface area contributed by atoms with Crippen molar-refractivity contribution in [2.45, 2.75) is 5.32 Å². The first-order chi connectivity index (χ1) is 8.25. The van der Waals surface area contributed by atoms with Crippen LogP contribution < -0.4 is 4.46 Å². The molecule has 2 aromatic carbocycles. The summed E-state index contributed by atoms with van der Waals surface area (Å²) in [7, 11) is 0. The van der Waals surface area contributed by atoms with Crippen LogP contribution in [0.3, 0.4) is 0 Å². The van der Waals surface area contributed by atoms with Gasteiger partial charge < -0.3 is 0 Å². The molecule has 0 amide bonds. The fourth-order valence-electron chi connectivity index (χ4n) is 1.39. The Morgan fingerprint density at radius 2 is 1.65 bits per heavy atom. The van der Waals surface area contributed by atoms with Crippen molar-refractivity contribution in [2.24, 2.45) is 0 Å². The molecular weight excluding hydrogens is 282 g/mol. The average molecular weight is 293 g/mol. The standard InChI is InChI=1S/C14H11FOSe/c15-12-6-8-13(9-7-12)17-10-14(16)11-4-2-1-3-5-11/h1-9H,10H2. The number of carbonyl (C=O) groups excluding carboxylic acids is 1. The number of hydrogen-bond acceptors (Lipinski definition) is 1. The molecule has 0 spiro atoms. The van der Waals surface area contributed by atoms with Crippen LogP contribution in [0.4, 0.5) is 4.39 Å². The van der Waals surface area contributed by atoms with Gasteiger partial charge in [-0.2, -0.15) is 0 Å². The van der Waals surface area contributed by atoms with Gasteiger partial charge in [-0.1, -0.05) is 0 Å². The van der Waals surface area contributed by atoms with E-state index in [2.05, 4.69) is 0 Å². The first-order valence-corrected chi connectivity index (χ1v) is 7.29. The fraction of sp³-hybridized carbons (Fsp3) is 0.0714. The molecular formula is C14H11FOSe. The number of rotatable bonds is 4. The molecule has 0 unspecified atom stereocenters. The first kappa shape index (κ1) is 12.0. The number of benzene rings is 2. The summed E-state index contributed by atoms with van der Waals surface area (Å²) in [5.41, 5.74) is 0.747. The Morgan fingerprint density at radius 1 is 1.00 bits per heavy atom. The van der Waals surface area contributed by atoms with Crippen molar-refractivity contribution in [1.82, 2.24) is 0 Å². The van der Waals surface area contributed by atoms with E-state index in [0.29, 0.717) is 5.32 Å². The van der Waals surface area contributed by atoms with E-state index in [9.17, 15) is 9.18 Å². The van der Waals surface area contributed by atoms with Crippen molar-refractivity contribution in [2.75, 3.05) is 0 Å². The molecule has 0 saturated heterocycles. The monoisotopic (exact) mass is 294 g/mol. The molecule has 0 atom stereocenters. The third kappa shape index (κ3) is 3.52. The molecule has 17 heavy (non-hydrogen) atoms. The molecule has 86 valence electrons. The second-order valence-corrected chi connectivity index (χ2v) is 5.73. The Balaban J connectivity index is 1.95. The Morgan fingerprint density at radius 3 is 2.29 bits per heavy atom. The van der Waals surface area contributed by atoms with Crippen molar-refractivity contribution in [3.8, 4) is 0 Å². The van der Waals surface area contributed by atoms with Crippen LogP contribution >= 0.6 is 0 Å². The number of halogens is 1. The van der Waals surface area contributed by atoms with E-state index < -0.39 is 0 Å². The van der Waals surface area contributed by atoms with Crippen molar-refractivity contribution in [3.05, 3.63) is 66.0 Å². The van der Waals surface area contributed by atoms with Gasteiger partial charge in [0.15, 0.2) is 0 Å². The van der Waals surface area contributed by atoms with Crippen LogP contribution in [0.1, 0.15) is 10.4 Å². The molecule has 0 saturated carbocycles. The van der Waals surface area contributed by atoms with Crippen LogP contribution in [-0.2, 0) is 0 Å². The normalized spacial score (nSPS) is 10.2. The van der Waals surface area contributed by atoms with Crippen LogP contribution in [0.5, 0.6) is 0 Å². The Labute approximate surface area is 106 Å². The summed E-state index contributed by atoms with van der Waals surface area (Å²) in [6.07, 6.45) is 0. The molecule has 0 heterocycles. The van der Waals surface area contributed by atoms with E-state index in [1.807, 2.05) is 30.3 Å². The van der Waals surface area contributed by atoms with Gasteiger partial charge in [0.25, 0.3) is 0 Å². The van der Waals surface area contributed by atoms with Crippen LogP contribution in [0.15, 0.2) is 54.6 Å². The quantitative estimate of drug-likeness (QED) is 0.625. The third-order valence-electron chi connectivity index (χ3n) is 2.28. The summed E-state index contributed by atoms with van der Waals surface area (Å²) < 4.78 is 13.7. The molecule has 0 aromatic heterocycles. The van der Waals surface area contributed by atoms with Crippen LogP contribution in [0.25, 0.3) is 0 Å². The van der Waals surface area contributed by atoms with Crippen LogP contribution in [0, 0.1) is 5.82 Å². The average Bonchev–Trinajstić information content (AvgIpc) is 2.39. The van der Waals surface area contributed by atoms with Crippen molar-refractivity contribution in [1.29, 1.82) is 0 Å². The van der Waals surface area contributed by atoms with Gasteiger partial charge in [-0.3, -0.25) is 0 Å². The molecule has 0 radical (unpaired) electrons. The molecule has 0 aliphatic rings. The van der Waals surface area contributed by atoms with Crippen LogP contribution in [0.2, 0.25) is 5.32 Å². The van der Waals surface area contributed by atoms with Crippen LogP contribution in [-0.4, -0.2) is 20.7 Å². The van der Waals surface area contributed by atoms with Gasteiger partial charge in [0.2, 0.25) is 0 Å². The predicted octanol–water partition coefficient (Wildman–Crippen LogP) is 2.46. The molecule has 3 heteroatoms. The molecule has 0 bridgehead atoms. The fourth-order valence-corrected chi connectivity index (χ4v) is 3.05. The van der Waals surface area contributed by atoms with E-state index in [0.717, 1.165) is 10.0 Å². The molecule has 0 aliphatic carbocycles. The van der Waals surface area contributed by atoms with E-state index in [4.69, 9.17) is 0 Å². The topological polar surface area (TPSA) is 17.1 Å². The second kappa shape index (κ2) is 5.76. The number of hydrogen-bond donors (Lipinski definition) is 0. The third-order valence-corrected chi connectivity index (χ3v) is 4.40. The van der Waals surface area contributed by atoms with Gasteiger partial charge in [-0.15, -0.1) is 0 Å². The number of ketones is 1. The summed E-state index contributed by atoms with van der Waals surface area (Å²) in [5, 5.41) is 0.517. The van der Waals surface area contributed by atoms with E-state index >= 15 is 0 Å². The van der Waals surface area contributed by atoms with Gasteiger partial charge in [-0.25, -0.2) is 0 Å². The van der Waals surface area contributed by atoms with Gasteiger partial charge in [0, 0.05) is 0 Å². The summed E-state index contributed by atoms with van der Waals surface area (Å²) in [6, 6.07) is 15.6. The Kier molecular flexibility index (Phi) is 4.07. The second-order valence-electron chi connectivity index (χ2n) is 3.53. The van der Waals surface area contributed by atoms with Crippen molar-refractivity contribution < 1.29 is 9.18 Å². The predicted molar refractivity (Wildman–Crippen MR) is 67.4 cm³/mol. The summed E-state index contributed by atoms with van der Waals surface area (Å²) in [5.74, 6) is -0.0890. The van der Waals surface area contributed by atoms with E-state index in [-0.39, 0.29) is 26.6 Å². The first-order valence-electron chi connectivity index (χ1n) is 5.22. The van der Waals surface area contributed by atoms with Gasteiger partial charge in [0.1, 0.15) is 0 Å². The zero-order valence-electron chi connectivity index (χ0n) is 9.10. The van der Waals surface area contributed by atoms with E-state index in [1.165, 1.54) is 12.1 Å². The Hall–Kier alpha value is -1.44. The SMILES string of the molecule is O=C(C[Se]c1ccc(F)cc1)c1ccccc1. The number of Topliss-reactive ketones (excluding diaryl/α,β-unsaturated/α-hetero) is 1. The summed E-state index contributed by atoms with van der Waals surface area (Å²) in [6.45, 7) is 0. The maximum atomic E-state index is 12.7. The van der Waals surface area contributed by atoms with Gasteiger partial charge >= 0.3 is 106 Å². The Bertz CT molecular complexity index is 493. The summed E-state index contributed by atoms with van der Waals surface area (Å²) in [4.78, 5) is 11.8. The zero-order valence-corrected chi connectivity index (χ0v) is 10.8. The minimum atomic E-state index is -0.237. The van der Waals surface area contributed by atoms with Gasteiger partial charge in [0.05, 0.1) is 0 Å². The minimum absolute atomic E-state index is 0.0701. The number of carbonyl (C=O) groups is 1. The molecule has 0 fully saturated rings. The maximum absolute atomic E-state index is 12.7. The zero-order chi connectivity index (χ0) is 12.1. The summed E-state index contributed by atoms with van der Waals surface area (Å²) >= 11 is 0.0701. The van der Waals surface area contributed by atoms with Crippen molar-refractivity contribution >= 4 is 25.2 Å². The molecule has 0 aliphatic heterocycles. The van der Waals surface area contributed by atoms with Gasteiger partial charge in [-0.05, 0) is 0 Å². The molecule has 2 rings (SSSR count). The van der Waals surface area contributed by atoms with Crippen molar-refractivity contribution in [3.63, 3.8) is 0 Å². The molecule has 0 N–H and O–H groups in total.